The zero-order valence-electron chi connectivity index (χ0n) is 20.2. The minimum absolute atomic E-state index is 0.390. The van der Waals surface area contributed by atoms with Gasteiger partial charge >= 0.3 is 5.69 Å². The van der Waals surface area contributed by atoms with Gasteiger partial charge < -0.3 is 25.4 Å². The first-order valence-electron chi connectivity index (χ1n) is 12.7. The average molecular weight is 484 g/mol. The van der Waals surface area contributed by atoms with Crippen LogP contribution in [0.1, 0.15) is 90.2 Å². The minimum Gasteiger partial charge on any atom is -0.387 e. The first-order chi connectivity index (χ1) is 16.4. The number of aromatic nitrogens is 2. The number of ether oxygens (including phenoxy) is 1. The van der Waals surface area contributed by atoms with Gasteiger partial charge in [-0.25, -0.2) is 4.79 Å². The van der Waals surface area contributed by atoms with Gasteiger partial charge in [0.25, 0.3) is 11.5 Å². The number of carbonyl (C=O) groups is 1. The van der Waals surface area contributed by atoms with E-state index in [0.717, 1.165) is 36.1 Å². The van der Waals surface area contributed by atoms with E-state index in [9.17, 15) is 29.7 Å². The van der Waals surface area contributed by atoms with Crippen molar-refractivity contribution in [2.75, 3.05) is 6.54 Å². The van der Waals surface area contributed by atoms with E-state index in [2.05, 4.69) is 12.2 Å². The third-order valence-corrected chi connectivity index (χ3v) is 6.31. The average Bonchev–Trinajstić information content (AvgIpc) is 3.10. The fourth-order valence-corrected chi connectivity index (χ4v) is 4.24. The van der Waals surface area contributed by atoms with Crippen LogP contribution in [0.2, 0.25) is 0 Å². The summed E-state index contributed by atoms with van der Waals surface area (Å²) >= 11 is 0. The number of nitrogens with zero attached hydrogens (tertiary/aromatic N) is 1. The molecule has 1 aromatic heterocycles. The lowest BCUT2D eigenvalue weighted by Crippen LogP contribution is -2.47. The first-order valence-corrected chi connectivity index (χ1v) is 12.7. The zero-order chi connectivity index (χ0) is 24.9. The fourth-order valence-electron chi connectivity index (χ4n) is 4.24. The molecule has 194 valence electrons. The Morgan fingerprint density at radius 3 is 2.12 bits per heavy atom. The Kier molecular flexibility index (Phi) is 12.5. The largest absolute Gasteiger partial charge is 0.387 e. The molecule has 0 aromatic carbocycles. The predicted molar refractivity (Wildman–Crippen MR) is 127 cm³/mol. The molecule has 1 aliphatic rings. The van der Waals surface area contributed by atoms with E-state index in [4.69, 9.17) is 4.74 Å². The third kappa shape index (κ3) is 8.65. The monoisotopic (exact) mass is 483 g/mol. The second-order valence-corrected chi connectivity index (χ2v) is 9.11. The van der Waals surface area contributed by atoms with Gasteiger partial charge in [-0.15, -0.1) is 0 Å². The summed E-state index contributed by atoms with van der Waals surface area (Å²) in [5.74, 6) is -0.714. The Labute approximate surface area is 200 Å². The topological polar surface area (TPSA) is 154 Å². The van der Waals surface area contributed by atoms with Crippen molar-refractivity contribution in [3.63, 3.8) is 0 Å². The number of aliphatic hydroxyl groups excluding tert-OH is 3. The summed E-state index contributed by atoms with van der Waals surface area (Å²) < 4.78 is 6.32. The summed E-state index contributed by atoms with van der Waals surface area (Å²) in [6.07, 6.45) is 7.96. The normalized spacial score (nSPS) is 23.2. The van der Waals surface area contributed by atoms with Gasteiger partial charge in [0.2, 0.25) is 0 Å². The molecule has 1 amide bonds. The number of hydrogen-bond donors (Lipinski definition) is 5. The zero-order valence-corrected chi connectivity index (χ0v) is 20.2. The Balaban J connectivity index is 1.62. The van der Waals surface area contributed by atoms with Gasteiger partial charge in [0.15, 0.2) is 12.3 Å². The minimum atomic E-state index is -1.72. The summed E-state index contributed by atoms with van der Waals surface area (Å²) in [7, 11) is 0. The van der Waals surface area contributed by atoms with Crippen LogP contribution in [-0.4, -0.2) is 61.7 Å². The molecule has 5 atom stereocenters. The maximum absolute atomic E-state index is 12.3. The van der Waals surface area contributed by atoms with Crippen LogP contribution < -0.4 is 16.6 Å². The van der Waals surface area contributed by atoms with Gasteiger partial charge in [-0.1, -0.05) is 77.6 Å². The molecule has 10 heteroatoms. The molecule has 0 aliphatic carbocycles. The van der Waals surface area contributed by atoms with Gasteiger partial charge in [0, 0.05) is 18.8 Å². The van der Waals surface area contributed by atoms with Crippen LogP contribution in [0.25, 0.3) is 0 Å². The van der Waals surface area contributed by atoms with Crippen molar-refractivity contribution in [2.45, 2.75) is 115 Å². The molecule has 2 heterocycles. The van der Waals surface area contributed by atoms with Gasteiger partial charge in [0.1, 0.15) is 18.3 Å². The van der Waals surface area contributed by atoms with Crippen LogP contribution in [0.3, 0.4) is 0 Å². The number of hydrogen-bond acceptors (Lipinski definition) is 7. The smallest absolute Gasteiger partial charge is 0.330 e. The molecule has 5 N–H and O–H groups in total. The lowest BCUT2D eigenvalue weighted by Gasteiger charge is -2.20. The predicted octanol–water partition coefficient (Wildman–Crippen LogP) is 1.33. The number of nitrogens with one attached hydrogen (secondary N) is 2. The molecule has 0 spiro atoms. The Morgan fingerprint density at radius 2 is 1.56 bits per heavy atom. The quantitative estimate of drug-likeness (QED) is 0.222. The van der Waals surface area contributed by atoms with E-state index in [1.807, 2.05) is 4.98 Å². The second-order valence-electron chi connectivity index (χ2n) is 9.11. The van der Waals surface area contributed by atoms with Crippen molar-refractivity contribution in [3.05, 3.63) is 33.1 Å². The Morgan fingerprint density at radius 1 is 1.00 bits per heavy atom. The van der Waals surface area contributed by atoms with Crippen molar-refractivity contribution in [2.24, 2.45) is 0 Å². The van der Waals surface area contributed by atoms with Crippen molar-refractivity contribution >= 4 is 5.91 Å². The van der Waals surface area contributed by atoms with Gasteiger partial charge in [0.05, 0.1) is 0 Å². The van der Waals surface area contributed by atoms with Crippen molar-refractivity contribution < 1.29 is 24.9 Å². The molecule has 1 aliphatic heterocycles. The van der Waals surface area contributed by atoms with Crippen LogP contribution >= 0.6 is 0 Å². The lowest BCUT2D eigenvalue weighted by atomic mass is 10.0. The summed E-state index contributed by atoms with van der Waals surface area (Å²) in [4.78, 5) is 37.5. The molecule has 0 bridgehead atoms. The number of amides is 1. The SMILES string of the molecule is CCCCCCCCCCCCCCNC(=O)[C@H](O)[C@@H]1O[C@H](n2ccc(=O)[nH]c2=O)[C@@H](O)[C@H]1O. The van der Waals surface area contributed by atoms with Crippen molar-refractivity contribution in [1.29, 1.82) is 0 Å². The summed E-state index contributed by atoms with van der Waals surface area (Å²) in [6, 6.07) is 1.06. The van der Waals surface area contributed by atoms with E-state index in [0.29, 0.717) is 6.54 Å². The Hall–Kier alpha value is -2.01. The van der Waals surface area contributed by atoms with Gasteiger partial charge in [-0.2, -0.15) is 0 Å². The summed E-state index contributed by atoms with van der Waals surface area (Å²) in [5, 5.41) is 33.4. The first kappa shape index (κ1) is 28.2. The highest BCUT2D eigenvalue weighted by Gasteiger charge is 2.48. The van der Waals surface area contributed by atoms with E-state index in [1.54, 1.807) is 0 Å². The summed E-state index contributed by atoms with van der Waals surface area (Å²) in [6.45, 7) is 2.62. The third-order valence-electron chi connectivity index (χ3n) is 6.31. The van der Waals surface area contributed by atoms with Gasteiger partial charge in [-0.3, -0.25) is 19.1 Å². The molecule has 0 unspecified atom stereocenters. The number of carbonyl (C=O) groups excluding carboxylic acids is 1. The molecular weight excluding hydrogens is 442 g/mol. The lowest BCUT2D eigenvalue weighted by molar-refractivity contribution is -0.143. The number of rotatable bonds is 16. The van der Waals surface area contributed by atoms with Crippen LogP contribution in [0, 0.1) is 0 Å². The number of aromatic amines is 1. The fraction of sp³-hybridized carbons (Fsp3) is 0.792. The van der Waals surface area contributed by atoms with Crippen molar-refractivity contribution in [1.82, 2.24) is 14.9 Å². The molecular formula is C24H41N3O7. The standard InChI is InChI=1S/C24H41N3O7/c1-2-3-4-5-6-7-8-9-10-11-12-13-15-25-22(32)20(31)21-18(29)19(30)23(34-21)27-16-14-17(28)26-24(27)33/h14,16,18-21,23,29-31H,2-13,15H2,1H3,(H,25,32)(H,26,28,33)/t18-,19+,20-,21-,23+/m1/s1. The van der Waals surface area contributed by atoms with Crippen LogP contribution in [-0.2, 0) is 9.53 Å². The molecule has 0 radical (unpaired) electrons. The van der Waals surface area contributed by atoms with Crippen molar-refractivity contribution in [3.8, 4) is 0 Å². The molecule has 0 saturated carbocycles. The second kappa shape index (κ2) is 15.1. The summed E-state index contributed by atoms with van der Waals surface area (Å²) in [5.41, 5.74) is -1.46. The van der Waals surface area contributed by atoms with Gasteiger partial charge in [-0.05, 0) is 6.42 Å². The Bertz CT molecular complexity index is 840. The van der Waals surface area contributed by atoms with E-state index >= 15 is 0 Å². The number of unbranched alkanes of at least 4 members (excludes halogenated alkanes) is 11. The molecule has 2 rings (SSSR count). The highest BCUT2D eigenvalue weighted by Crippen LogP contribution is 2.30. The maximum Gasteiger partial charge on any atom is 0.330 e. The highest BCUT2D eigenvalue weighted by molar-refractivity contribution is 5.81. The van der Waals surface area contributed by atoms with Crippen LogP contribution in [0.15, 0.2) is 21.9 Å². The van der Waals surface area contributed by atoms with Crippen LogP contribution in [0.5, 0.6) is 0 Å². The van der Waals surface area contributed by atoms with E-state index < -0.39 is 47.8 Å². The molecule has 1 fully saturated rings. The molecule has 1 aromatic rings. The van der Waals surface area contributed by atoms with E-state index in [1.165, 1.54) is 57.8 Å². The maximum atomic E-state index is 12.3. The highest BCUT2D eigenvalue weighted by atomic mass is 16.6. The number of aliphatic hydroxyl groups is 3. The van der Waals surface area contributed by atoms with E-state index in [-0.39, 0.29) is 0 Å². The molecule has 1 saturated heterocycles. The van der Waals surface area contributed by atoms with Crippen LogP contribution in [0.4, 0.5) is 0 Å². The molecule has 34 heavy (non-hydrogen) atoms. The number of H-pyrrole nitrogens is 1. The molecule has 10 nitrogen and oxygen atoms in total.